The first-order chi connectivity index (χ1) is 6.84. The van der Waals surface area contributed by atoms with E-state index < -0.39 is 0 Å². The monoisotopic (exact) mass is 195 g/mol. The van der Waals surface area contributed by atoms with E-state index in [0.717, 1.165) is 13.1 Å². The Hall–Kier alpha value is -1.29. The van der Waals surface area contributed by atoms with E-state index in [-0.39, 0.29) is 23.8 Å². The van der Waals surface area contributed by atoms with Gasteiger partial charge in [-0.25, -0.2) is 4.39 Å². The van der Waals surface area contributed by atoms with Gasteiger partial charge in [0.25, 0.3) is 0 Å². The maximum Gasteiger partial charge on any atom is 0.197 e. The molecule has 1 aromatic rings. The fraction of sp³-hybridized carbons (Fsp3) is 0.400. The summed E-state index contributed by atoms with van der Waals surface area (Å²) >= 11 is 0. The molecule has 1 aromatic carbocycles. The van der Waals surface area contributed by atoms with E-state index in [9.17, 15) is 4.39 Å². The number of para-hydroxylation sites is 1. The zero-order valence-corrected chi connectivity index (χ0v) is 7.50. The van der Waals surface area contributed by atoms with E-state index in [1.807, 2.05) is 0 Å². The van der Waals surface area contributed by atoms with Gasteiger partial charge in [0, 0.05) is 13.1 Å². The van der Waals surface area contributed by atoms with Gasteiger partial charge in [-0.2, -0.15) is 0 Å². The van der Waals surface area contributed by atoms with Crippen molar-refractivity contribution < 1.29 is 13.9 Å². The summed E-state index contributed by atoms with van der Waals surface area (Å²) < 4.78 is 24.4. The predicted molar refractivity (Wildman–Crippen MR) is 48.1 cm³/mol. The highest BCUT2D eigenvalue weighted by Gasteiger charge is 2.36. The molecule has 2 aliphatic heterocycles. The third-order valence-electron chi connectivity index (χ3n) is 2.58. The molecule has 0 amide bonds. The third kappa shape index (κ3) is 1.07. The first-order valence-corrected chi connectivity index (χ1v) is 4.67. The number of benzene rings is 1. The molecule has 1 fully saturated rings. The van der Waals surface area contributed by atoms with Crippen molar-refractivity contribution in [3.05, 3.63) is 24.0 Å². The predicted octanol–water partition coefficient (Wildman–Crippen LogP) is 0.937. The molecule has 0 spiro atoms. The lowest BCUT2D eigenvalue weighted by Crippen LogP contribution is -2.38. The molecule has 2 heterocycles. The number of nitrogens with one attached hydrogen (secondary N) is 1. The number of ether oxygens (including phenoxy) is 2. The second-order valence-electron chi connectivity index (χ2n) is 3.54. The standard InChI is InChI=1S/C10H10FNO2/c11-6-2-1-3-7-10(6)14-9-5-12-4-8(9)13-7/h1-3,8-9,12H,4-5H2/t8-,9-/m1/s1. The van der Waals surface area contributed by atoms with Crippen LogP contribution in [0.5, 0.6) is 11.5 Å². The van der Waals surface area contributed by atoms with Crippen LogP contribution >= 0.6 is 0 Å². The molecule has 3 rings (SSSR count). The molecule has 14 heavy (non-hydrogen) atoms. The highest BCUT2D eigenvalue weighted by molar-refractivity contribution is 5.42. The summed E-state index contributed by atoms with van der Waals surface area (Å²) in [6.07, 6.45) is -0.0382. The topological polar surface area (TPSA) is 30.5 Å². The Balaban J connectivity index is 2.01. The van der Waals surface area contributed by atoms with Crippen molar-refractivity contribution in [2.45, 2.75) is 12.2 Å². The van der Waals surface area contributed by atoms with Gasteiger partial charge >= 0.3 is 0 Å². The molecule has 0 bridgehead atoms. The lowest BCUT2D eigenvalue weighted by atomic mass is 10.2. The molecule has 0 radical (unpaired) electrons. The second-order valence-corrected chi connectivity index (χ2v) is 3.54. The number of rotatable bonds is 0. The summed E-state index contributed by atoms with van der Waals surface area (Å²) in [5.74, 6) is 0.403. The van der Waals surface area contributed by atoms with Crippen molar-refractivity contribution in [1.82, 2.24) is 5.32 Å². The maximum atomic E-state index is 13.3. The van der Waals surface area contributed by atoms with Crippen molar-refractivity contribution in [3.8, 4) is 11.5 Å². The van der Waals surface area contributed by atoms with E-state index in [1.54, 1.807) is 12.1 Å². The average Bonchev–Trinajstić information content (AvgIpc) is 2.62. The fourth-order valence-corrected chi connectivity index (χ4v) is 1.88. The molecule has 0 saturated carbocycles. The minimum absolute atomic E-state index is 0.0179. The lowest BCUT2D eigenvalue weighted by molar-refractivity contribution is 0.0510. The van der Waals surface area contributed by atoms with Crippen molar-refractivity contribution in [3.63, 3.8) is 0 Å². The Bertz CT molecular complexity index is 369. The van der Waals surface area contributed by atoms with E-state index in [0.29, 0.717) is 5.75 Å². The van der Waals surface area contributed by atoms with E-state index in [4.69, 9.17) is 9.47 Å². The molecule has 0 aliphatic carbocycles. The van der Waals surface area contributed by atoms with Crippen molar-refractivity contribution in [1.29, 1.82) is 0 Å². The molecule has 0 aromatic heterocycles. The largest absolute Gasteiger partial charge is 0.481 e. The van der Waals surface area contributed by atoms with E-state index in [1.165, 1.54) is 6.07 Å². The number of fused-ring (bicyclic) bond motifs is 2. The summed E-state index contributed by atoms with van der Waals surface area (Å²) in [7, 11) is 0. The molecule has 2 aliphatic rings. The van der Waals surface area contributed by atoms with Crippen LogP contribution in [0.1, 0.15) is 0 Å². The van der Waals surface area contributed by atoms with Crippen LogP contribution in [0.25, 0.3) is 0 Å². The molecule has 2 atom stereocenters. The molecular formula is C10H10FNO2. The summed E-state index contributed by atoms with van der Waals surface area (Å²) in [6, 6.07) is 4.73. The summed E-state index contributed by atoms with van der Waals surface area (Å²) in [6.45, 7) is 1.49. The molecule has 0 unspecified atom stereocenters. The Morgan fingerprint density at radius 3 is 2.86 bits per heavy atom. The quantitative estimate of drug-likeness (QED) is 0.668. The zero-order chi connectivity index (χ0) is 9.54. The Morgan fingerprint density at radius 2 is 2.00 bits per heavy atom. The van der Waals surface area contributed by atoms with Gasteiger partial charge < -0.3 is 14.8 Å². The van der Waals surface area contributed by atoms with Crippen LogP contribution in [0.2, 0.25) is 0 Å². The van der Waals surface area contributed by atoms with E-state index >= 15 is 0 Å². The van der Waals surface area contributed by atoms with Crippen LogP contribution in [0, 0.1) is 5.82 Å². The minimum atomic E-state index is -0.354. The number of hydrogen-bond donors (Lipinski definition) is 1. The van der Waals surface area contributed by atoms with Crippen LogP contribution in [-0.2, 0) is 0 Å². The molecular weight excluding hydrogens is 185 g/mol. The lowest BCUT2D eigenvalue weighted by Gasteiger charge is -2.28. The summed E-state index contributed by atoms with van der Waals surface area (Å²) in [5, 5.41) is 3.15. The number of halogens is 1. The van der Waals surface area contributed by atoms with Gasteiger partial charge in [-0.3, -0.25) is 0 Å². The van der Waals surface area contributed by atoms with Crippen molar-refractivity contribution in [2.75, 3.05) is 13.1 Å². The summed E-state index contributed by atoms with van der Waals surface area (Å²) in [5.41, 5.74) is 0. The van der Waals surface area contributed by atoms with Crippen LogP contribution in [0.4, 0.5) is 4.39 Å². The van der Waals surface area contributed by atoms with Gasteiger partial charge in [0.2, 0.25) is 0 Å². The minimum Gasteiger partial charge on any atom is -0.481 e. The van der Waals surface area contributed by atoms with Crippen LogP contribution < -0.4 is 14.8 Å². The zero-order valence-electron chi connectivity index (χ0n) is 7.50. The Labute approximate surface area is 80.8 Å². The van der Waals surface area contributed by atoms with Gasteiger partial charge in [0.15, 0.2) is 17.3 Å². The van der Waals surface area contributed by atoms with Gasteiger partial charge in [0.05, 0.1) is 0 Å². The van der Waals surface area contributed by atoms with E-state index in [2.05, 4.69) is 5.32 Å². The Kier molecular flexibility index (Phi) is 1.64. The third-order valence-corrected chi connectivity index (χ3v) is 2.58. The smallest absolute Gasteiger partial charge is 0.197 e. The normalized spacial score (nSPS) is 28.6. The first kappa shape index (κ1) is 8.05. The highest BCUT2D eigenvalue weighted by Crippen LogP contribution is 2.36. The van der Waals surface area contributed by atoms with Gasteiger partial charge in [0.1, 0.15) is 12.2 Å². The molecule has 4 heteroatoms. The SMILES string of the molecule is Fc1cccc2c1O[C@@H]1CNC[C@H]1O2. The highest BCUT2D eigenvalue weighted by atomic mass is 19.1. The molecule has 1 N–H and O–H groups in total. The van der Waals surface area contributed by atoms with Gasteiger partial charge in [-0.05, 0) is 12.1 Å². The van der Waals surface area contributed by atoms with Gasteiger partial charge in [-0.15, -0.1) is 0 Å². The van der Waals surface area contributed by atoms with Crippen LogP contribution in [0.3, 0.4) is 0 Å². The Morgan fingerprint density at radius 1 is 1.21 bits per heavy atom. The average molecular weight is 195 g/mol. The second kappa shape index (κ2) is 2.85. The number of hydrogen-bond acceptors (Lipinski definition) is 3. The maximum absolute atomic E-state index is 13.3. The molecule has 1 saturated heterocycles. The molecule has 74 valence electrons. The molecule has 3 nitrogen and oxygen atoms in total. The van der Waals surface area contributed by atoms with Crippen molar-refractivity contribution in [2.24, 2.45) is 0 Å². The fourth-order valence-electron chi connectivity index (χ4n) is 1.88. The van der Waals surface area contributed by atoms with Crippen LogP contribution in [-0.4, -0.2) is 25.3 Å². The van der Waals surface area contributed by atoms with Crippen molar-refractivity contribution >= 4 is 0 Å². The first-order valence-electron chi connectivity index (χ1n) is 4.67. The van der Waals surface area contributed by atoms with Crippen LogP contribution in [0.15, 0.2) is 18.2 Å². The summed E-state index contributed by atoms with van der Waals surface area (Å²) in [4.78, 5) is 0. The van der Waals surface area contributed by atoms with Gasteiger partial charge in [-0.1, -0.05) is 6.07 Å².